The van der Waals surface area contributed by atoms with E-state index >= 15 is 0 Å². The molecule has 4 heteroatoms. The van der Waals surface area contributed by atoms with Gasteiger partial charge in [-0.05, 0) is 38.4 Å². The van der Waals surface area contributed by atoms with E-state index in [1.165, 1.54) is 0 Å². The Morgan fingerprint density at radius 1 is 1.26 bits per heavy atom. The quantitative estimate of drug-likeness (QED) is 0.698. The normalized spacial score (nSPS) is 12.7. The Labute approximate surface area is 116 Å². The third-order valence-corrected chi connectivity index (χ3v) is 2.59. The summed E-state index contributed by atoms with van der Waals surface area (Å²) in [6, 6.07) is 2.20. The summed E-state index contributed by atoms with van der Waals surface area (Å²) in [5.41, 5.74) is 1.11. The lowest BCUT2D eigenvalue weighted by Crippen LogP contribution is -2.25. The molecule has 1 N–H and O–H groups in total. The van der Waals surface area contributed by atoms with Crippen molar-refractivity contribution in [1.29, 1.82) is 0 Å². The molecule has 0 radical (unpaired) electrons. The minimum atomic E-state index is 0.158. The number of hydrogen-bond acceptors (Lipinski definition) is 4. The van der Waals surface area contributed by atoms with Crippen LogP contribution in [0.2, 0.25) is 0 Å². The molecule has 0 aromatic carbocycles. The van der Waals surface area contributed by atoms with Crippen LogP contribution in [0.3, 0.4) is 0 Å². The molecule has 0 amide bonds. The number of nitrogens with zero attached hydrogens (tertiary/aromatic N) is 1. The van der Waals surface area contributed by atoms with Crippen LogP contribution >= 0.6 is 0 Å². The van der Waals surface area contributed by atoms with Gasteiger partial charge in [-0.3, -0.25) is 4.98 Å². The second kappa shape index (κ2) is 8.88. The summed E-state index contributed by atoms with van der Waals surface area (Å²) < 4.78 is 11.3. The molecule has 0 aliphatic rings. The first-order chi connectivity index (χ1) is 9.17. The molecule has 1 heterocycles. The van der Waals surface area contributed by atoms with Gasteiger partial charge >= 0.3 is 0 Å². The average molecular weight is 266 g/mol. The number of nitrogens with one attached hydrogen (secondary N) is 1. The Balaban J connectivity index is 2.71. The van der Waals surface area contributed by atoms with Gasteiger partial charge in [0.25, 0.3) is 0 Å². The number of hydrogen-bond donors (Lipinski definition) is 1. The highest BCUT2D eigenvalue weighted by atomic mass is 16.5. The van der Waals surface area contributed by atoms with Crippen molar-refractivity contribution in [2.24, 2.45) is 0 Å². The van der Waals surface area contributed by atoms with Gasteiger partial charge in [0.05, 0.1) is 24.9 Å². The van der Waals surface area contributed by atoms with E-state index in [4.69, 9.17) is 9.47 Å². The summed E-state index contributed by atoms with van der Waals surface area (Å²) in [4.78, 5) is 4.25. The van der Waals surface area contributed by atoms with Crippen molar-refractivity contribution in [1.82, 2.24) is 10.3 Å². The zero-order valence-electron chi connectivity index (χ0n) is 12.5. The van der Waals surface area contributed by atoms with E-state index in [9.17, 15) is 0 Å². The number of ether oxygens (including phenoxy) is 2. The summed E-state index contributed by atoms with van der Waals surface area (Å²) in [5.74, 6) is 0.811. The standard InChI is InChI=1S/C15H26N2O2/c1-5-7-18-11-15(17-6-2)13-8-14(10-16-9-13)19-12(3)4/h8-10,12,15,17H,5-7,11H2,1-4H3. The molecule has 0 aliphatic heterocycles. The molecular weight excluding hydrogens is 240 g/mol. The maximum atomic E-state index is 5.68. The molecule has 0 spiro atoms. The molecule has 1 rings (SSSR count). The Bertz CT molecular complexity index is 356. The van der Waals surface area contributed by atoms with Crippen LogP contribution in [-0.2, 0) is 4.74 Å². The molecule has 0 saturated heterocycles. The number of rotatable bonds is 9. The van der Waals surface area contributed by atoms with Crippen molar-refractivity contribution >= 4 is 0 Å². The zero-order chi connectivity index (χ0) is 14.1. The van der Waals surface area contributed by atoms with E-state index in [0.29, 0.717) is 6.61 Å². The summed E-state index contributed by atoms with van der Waals surface area (Å²) in [6.07, 6.45) is 4.81. The van der Waals surface area contributed by atoms with Gasteiger partial charge in [-0.25, -0.2) is 0 Å². The monoisotopic (exact) mass is 266 g/mol. The third-order valence-electron chi connectivity index (χ3n) is 2.59. The van der Waals surface area contributed by atoms with Crippen molar-refractivity contribution in [3.05, 3.63) is 24.0 Å². The minimum absolute atomic E-state index is 0.158. The molecule has 19 heavy (non-hydrogen) atoms. The largest absolute Gasteiger partial charge is 0.489 e. The van der Waals surface area contributed by atoms with Gasteiger partial charge < -0.3 is 14.8 Å². The fraction of sp³-hybridized carbons (Fsp3) is 0.667. The second-order valence-electron chi connectivity index (χ2n) is 4.81. The van der Waals surface area contributed by atoms with E-state index in [1.54, 1.807) is 6.20 Å². The van der Waals surface area contributed by atoms with Crippen molar-refractivity contribution < 1.29 is 9.47 Å². The van der Waals surface area contributed by atoms with Crippen LogP contribution in [0.4, 0.5) is 0 Å². The molecule has 0 aliphatic carbocycles. The molecule has 1 aromatic heterocycles. The van der Waals surface area contributed by atoms with Crippen LogP contribution < -0.4 is 10.1 Å². The first-order valence-electron chi connectivity index (χ1n) is 7.10. The Morgan fingerprint density at radius 2 is 2.05 bits per heavy atom. The smallest absolute Gasteiger partial charge is 0.138 e. The van der Waals surface area contributed by atoms with Crippen molar-refractivity contribution in [3.8, 4) is 5.75 Å². The Kier molecular flexibility index (Phi) is 7.45. The molecular formula is C15H26N2O2. The fourth-order valence-corrected chi connectivity index (χ4v) is 1.83. The highest BCUT2D eigenvalue weighted by Crippen LogP contribution is 2.19. The highest BCUT2D eigenvalue weighted by Gasteiger charge is 2.12. The number of pyridine rings is 1. The van der Waals surface area contributed by atoms with Gasteiger partial charge in [0.2, 0.25) is 0 Å². The predicted molar refractivity (Wildman–Crippen MR) is 77.5 cm³/mol. The molecule has 1 aromatic rings. The molecule has 0 saturated carbocycles. The third kappa shape index (κ3) is 6.03. The van der Waals surface area contributed by atoms with Crippen LogP contribution in [0.1, 0.15) is 45.7 Å². The molecule has 1 atom stereocenters. The van der Waals surface area contributed by atoms with Gasteiger partial charge in [0.1, 0.15) is 5.75 Å². The van der Waals surface area contributed by atoms with E-state index in [2.05, 4.69) is 24.1 Å². The van der Waals surface area contributed by atoms with Crippen LogP contribution in [0.15, 0.2) is 18.5 Å². The van der Waals surface area contributed by atoms with Gasteiger partial charge in [0.15, 0.2) is 0 Å². The van der Waals surface area contributed by atoms with Crippen LogP contribution in [-0.4, -0.2) is 30.8 Å². The molecule has 0 bridgehead atoms. The van der Waals surface area contributed by atoms with Crippen LogP contribution in [0, 0.1) is 0 Å². The maximum Gasteiger partial charge on any atom is 0.138 e. The Hall–Kier alpha value is -1.13. The first-order valence-corrected chi connectivity index (χ1v) is 7.10. The highest BCUT2D eigenvalue weighted by molar-refractivity contribution is 5.26. The van der Waals surface area contributed by atoms with Crippen LogP contribution in [0.5, 0.6) is 5.75 Å². The van der Waals surface area contributed by atoms with Gasteiger partial charge in [-0.15, -0.1) is 0 Å². The lowest BCUT2D eigenvalue weighted by Gasteiger charge is -2.19. The summed E-state index contributed by atoms with van der Waals surface area (Å²) in [7, 11) is 0. The Morgan fingerprint density at radius 3 is 2.68 bits per heavy atom. The van der Waals surface area contributed by atoms with E-state index in [-0.39, 0.29) is 12.1 Å². The summed E-state index contributed by atoms with van der Waals surface area (Å²) >= 11 is 0. The fourth-order valence-electron chi connectivity index (χ4n) is 1.83. The van der Waals surface area contributed by atoms with Crippen molar-refractivity contribution in [2.75, 3.05) is 19.8 Å². The lowest BCUT2D eigenvalue weighted by atomic mass is 10.1. The second-order valence-corrected chi connectivity index (χ2v) is 4.81. The summed E-state index contributed by atoms with van der Waals surface area (Å²) in [6.45, 7) is 10.6. The average Bonchev–Trinajstić information content (AvgIpc) is 2.37. The number of likely N-dealkylation sites (N-methyl/N-ethyl adjacent to an activating group) is 1. The van der Waals surface area contributed by atoms with E-state index in [0.717, 1.165) is 30.9 Å². The van der Waals surface area contributed by atoms with Crippen LogP contribution in [0.25, 0.3) is 0 Å². The number of aromatic nitrogens is 1. The van der Waals surface area contributed by atoms with Gasteiger partial charge in [-0.2, -0.15) is 0 Å². The molecule has 1 unspecified atom stereocenters. The first kappa shape index (κ1) is 15.9. The maximum absolute atomic E-state index is 5.68. The predicted octanol–water partition coefficient (Wildman–Crippen LogP) is 2.95. The molecule has 4 nitrogen and oxygen atoms in total. The molecule has 0 fully saturated rings. The van der Waals surface area contributed by atoms with Gasteiger partial charge in [0, 0.05) is 12.8 Å². The topological polar surface area (TPSA) is 43.4 Å². The van der Waals surface area contributed by atoms with Crippen molar-refractivity contribution in [3.63, 3.8) is 0 Å². The molecule has 108 valence electrons. The van der Waals surface area contributed by atoms with Gasteiger partial charge in [-0.1, -0.05) is 13.8 Å². The SMILES string of the molecule is CCCOCC(NCC)c1cncc(OC(C)C)c1. The summed E-state index contributed by atoms with van der Waals surface area (Å²) in [5, 5.41) is 3.42. The van der Waals surface area contributed by atoms with E-state index < -0.39 is 0 Å². The van der Waals surface area contributed by atoms with Crippen molar-refractivity contribution in [2.45, 2.75) is 46.3 Å². The zero-order valence-corrected chi connectivity index (χ0v) is 12.5. The lowest BCUT2D eigenvalue weighted by molar-refractivity contribution is 0.112. The minimum Gasteiger partial charge on any atom is -0.489 e. The van der Waals surface area contributed by atoms with E-state index in [1.807, 2.05) is 26.1 Å².